The average molecular weight is 464 g/mol. The first-order valence-corrected chi connectivity index (χ1v) is 11.8. The molecule has 0 fully saturated rings. The predicted octanol–water partition coefficient (Wildman–Crippen LogP) is 3.75. The Hall–Kier alpha value is -3.26. The van der Waals surface area contributed by atoms with E-state index in [0.717, 1.165) is 47.0 Å². The van der Waals surface area contributed by atoms with Crippen LogP contribution in [-0.2, 0) is 27.9 Å². The summed E-state index contributed by atoms with van der Waals surface area (Å²) in [5.74, 6) is -0.129. The van der Waals surface area contributed by atoms with E-state index in [9.17, 15) is 14.4 Å². The number of likely N-dealkylation sites (N-methyl/N-ethyl adjacent to an activating group) is 1. The molecule has 0 aliphatic carbocycles. The molecule has 5 rings (SSSR count). The number of hydrogen-bond acceptors (Lipinski definition) is 7. The number of fused-ring (bicyclic) bond motifs is 3. The minimum Gasteiger partial charge on any atom is -0.453 e. The van der Waals surface area contributed by atoms with Crippen molar-refractivity contribution in [1.29, 1.82) is 0 Å². The zero-order chi connectivity index (χ0) is 23.5. The zero-order valence-electron chi connectivity index (χ0n) is 19.1. The summed E-state index contributed by atoms with van der Waals surface area (Å²) in [5.41, 5.74) is 3.20. The standard InChI is InChI=1S/C25H25N3O4S/c1-14-20-22(26-19-10-7-11-28(19)23(20)30)33-21(14)24(31)32-13-15(29)12-18-25(2,3)16-8-5-6-9-17(16)27(18)4/h5-6,8-9,12H,7,10-11,13H2,1-4H3/b18-12-. The molecule has 0 bridgehead atoms. The Morgan fingerprint density at radius 3 is 2.79 bits per heavy atom. The number of ether oxygens (including phenoxy) is 1. The third kappa shape index (κ3) is 3.31. The second-order valence-corrected chi connectivity index (χ2v) is 10.1. The first kappa shape index (κ1) is 21.6. The molecule has 3 aromatic rings. The van der Waals surface area contributed by atoms with Gasteiger partial charge in [0.2, 0.25) is 0 Å². The van der Waals surface area contributed by atoms with Crippen LogP contribution >= 0.6 is 11.3 Å². The molecule has 0 amide bonds. The number of benzene rings is 1. The van der Waals surface area contributed by atoms with Crippen LogP contribution in [0.5, 0.6) is 0 Å². The highest BCUT2D eigenvalue weighted by atomic mass is 32.1. The molecule has 8 heteroatoms. The van der Waals surface area contributed by atoms with E-state index in [1.807, 2.05) is 30.1 Å². The van der Waals surface area contributed by atoms with E-state index in [0.29, 0.717) is 27.2 Å². The van der Waals surface area contributed by atoms with Crippen molar-refractivity contribution in [1.82, 2.24) is 9.55 Å². The molecule has 0 atom stereocenters. The second kappa shape index (κ2) is 7.66. The van der Waals surface area contributed by atoms with Gasteiger partial charge < -0.3 is 9.64 Å². The van der Waals surface area contributed by atoms with Crippen LogP contribution in [0.2, 0.25) is 0 Å². The second-order valence-electron chi connectivity index (χ2n) is 9.10. The summed E-state index contributed by atoms with van der Waals surface area (Å²) in [5, 5.41) is 0.470. The van der Waals surface area contributed by atoms with Gasteiger partial charge in [0.25, 0.3) is 5.56 Å². The first-order valence-electron chi connectivity index (χ1n) is 11.0. The molecule has 170 valence electrons. The smallest absolute Gasteiger partial charge is 0.349 e. The highest BCUT2D eigenvalue weighted by molar-refractivity contribution is 7.20. The highest BCUT2D eigenvalue weighted by Crippen LogP contribution is 2.46. The van der Waals surface area contributed by atoms with E-state index >= 15 is 0 Å². The summed E-state index contributed by atoms with van der Waals surface area (Å²) in [4.78, 5) is 45.8. The third-order valence-electron chi connectivity index (χ3n) is 6.68. The van der Waals surface area contributed by atoms with Crippen molar-refractivity contribution in [2.45, 2.75) is 45.6 Å². The first-order chi connectivity index (χ1) is 15.7. The minimum absolute atomic E-state index is 0.104. The van der Waals surface area contributed by atoms with Gasteiger partial charge in [-0.05, 0) is 30.5 Å². The lowest BCUT2D eigenvalue weighted by atomic mass is 9.83. The van der Waals surface area contributed by atoms with Crippen molar-refractivity contribution in [3.63, 3.8) is 0 Å². The van der Waals surface area contributed by atoms with E-state index < -0.39 is 5.97 Å². The van der Waals surface area contributed by atoms with Gasteiger partial charge in [-0.1, -0.05) is 32.0 Å². The van der Waals surface area contributed by atoms with Gasteiger partial charge in [0.05, 0.1) is 5.39 Å². The zero-order valence-corrected chi connectivity index (χ0v) is 19.9. The van der Waals surface area contributed by atoms with Crippen LogP contribution in [0, 0.1) is 6.92 Å². The van der Waals surface area contributed by atoms with E-state index in [2.05, 4.69) is 24.9 Å². The number of rotatable bonds is 4. The van der Waals surface area contributed by atoms with Gasteiger partial charge in [0.1, 0.15) is 15.5 Å². The summed E-state index contributed by atoms with van der Waals surface area (Å²) < 4.78 is 7.04. The molecule has 0 spiro atoms. The molecule has 2 aromatic heterocycles. The molecule has 1 aromatic carbocycles. The largest absolute Gasteiger partial charge is 0.453 e. The maximum atomic E-state index is 12.8. The van der Waals surface area contributed by atoms with Crippen LogP contribution in [0.1, 0.15) is 46.9 Å². The van der Waals surface area contributed by atoms with Crippen LogP contribution in [0.4, 0.5) is 5.69 Å². The number of aromatic nitrogens is 2. The molecule has 2 aliphatic rings. The van der Waals surface area contributed by atoms with Gasteiger partial charge in [-0.3, -0.25) is 14.2 Å². The summed E-state index contributed by atoms with van der Waals surface area (Å²) in [6.45, 7) is 6.18. The molecule has 33 heavy (non-hydrogen) atoms. The van der Waals surface area contributed by atoms with Crippen molar-refractivity contribution in [2.75, 3.05) is 18.6 Å². The summed E-state index contributed by atoms with van der Waals surface area (Å²) in [6.07, 6.45) is 3.23. The molecular weight excluding hydrogens is 438 g/mol. The minimum atomic E-state index is -0.603. The molecule has 0 radical (unpaired) electrons. The Bertz CT molecular complexity index is 1410. The summed E-state index contributed by atoms with van der Waals surface area (Å²) in [6, 6.07) is 8.05. The highest BCUT2D eigenvalue weighted by Gasteiger charge is 2.38. The number of carbonyl (C=O) groups excluding carboxylic acids is 2. The van der Waals surface area contributed by atoms with Gasteiger partial charge in [0.15, 0.2) is 12.4 Å². The van der Waals surface area contributed by atoms with Gasteiger partial charge >= 0.3 is 5.97 Å². The lowest BCUT2D eigenvalue weighted by Gasteiger charge is -2.23. The van der Waals surface area contributed by atoms with E-state index in [-0.39, 0.29) is 23.4 Å². The van der Waals surface area contributed by atoms with Gasteiger partial charge in [0, 0.05) is 42.9 Å². The summed E-state index contributed by atoms with van der Waals surface area (Å²) >= 11 is 1.15. The van der Waals surface area contributed by atoms with Crippen molar-refractivity contribution in [3.05, 3.63) is 68.2 Å². The molecular formula is C25H25N3O4S. The lowest BCUT2D eigenvalue weighted by molar-refractivity contribution is -0.117. The number of thiophene rings is 1. The quantitative estimate of drug-likeness (QED) is 0.433. The van der Waals surface area contributed by atoms with Crippen LogP contribution < -0.4 is 10.5 Å². The number of allylic oxidation sites excluding steroid dienone is 1. The Morgan fingerprint density at radius 2 is 2.03 bits per heavy atom. The van der Waals surface area contributed by atoms with Crippen LogP contribution in [0.15, 0.2) is 40.8 Å². The molecule has 0 saturated heterocycles. The maximum absolute atomic E-state index is 12.8. The number of anilines is 1. The Kier molecular flexibility index (Phi) is 5.01. The fourth-order valence-corrected chi connectivity index (χ4v) is 6.01. The van der Waals surface area contributed by atoms with Crippen molar-refractivity contribution in [3.8, 4) is 0 Å². The third-order valence-corrected chi connectivity index (χ3v) is 7.85. The predicted molar refractivity (Wildman–Crippen MR) is 128 cm³/mol. The van der Waals surface area contributed by atoms with Crippen LogP contribution in [0.25, 0.3) is 10.2 Å². The molecule has 0 N–H and O–H groups in total. The van der Waals surface area contributed by atoms with Gasteiger partial charge in [-0.25, -0.2) is 9.78 Å². The Labute approximate surface area is 195 Å². The van der Waals surface area contributed by atoms with Gasteiger partial charge in [-0.15, -0.1) is 11.3 Å². The SMILES string of the molecule is Cc1c(C(=O)OCC(=O)/C=C2\N(C)c3ccccc3C2(C)C)sc2nc3n(c(=O)c12)CCC3. The molecule has 0 unspecified atom stereocenters. The van der Waals surface area contributed by atoms with E-state index in [4.69, 9.17) is 4.74 Å². The number of carbonyl (C=O) groups is 2. The number of ketones is 1. The molecule has 0 saturated carbocycles. The summed E-state index contributed by atoms with van der Waals surface area (Å²) in [7, 11) is 1.93. The Morgan fingerprint density at radius 1 is 1.27 bits per heavy atom. The normalized spacial score (nSPS) is 17.5. The molecule has 7 nitrogen and oxygen atoms in total. The number of hydrogen-bond donors (Lipinski definition) is 0. The van der Waals surface area contributed by atoms with Crippen LogP contribution in [0.3, 0.4) is 0 Å². The van der Waals surface area contributed by atoms with Crippen molar-refractivity contribution >= 4 is 39.0 Å². The fourth-order valence-electron chi connectivity index (χ4n) is 4.93. The van der Waals surface area contributed by atoms with E-state index in [1.165, 1.54) is 0 Å². The average Bonchev–Trinajstić information content (AvgIpc) is 3.44. The molecule has 2 aliphatic heterocycles. The number of nitrogens with zero attached hydrogens (tertiary/aromatic N) is 3. The topological polar surface area (TPSA) is 81.5 Å². The van der Waals surface area contributed by atoms with Crippen LogP contribution in [-0.4, -0.2) is 35.0 Å². The monoisotopic (exact) mass is 463 g/mol. The van der Waals surface area contributed by atoms with Crippen molar-refractivity contribution < 1.29 is 14.3 Å². The molecule has 4 heterocycles. The van der Waals surface area contributed by atoms with Crippen molar-refractivity contribution in [2.24, 2.45) is 0 Å². The maximum Gasteiger partial charge on any atom is 0.349 e. The Balaban J connectivity index is 1.35. The number of esters is 1. The van der Waals surface area contributed by atoms with E-state index in [1.54, 1.807) is 17.6 Å². The lowest BCUT2D eigenvalue weighted by Crippen LogP contribution is -2.25. The number of aryl methyl sites for hydroxylation is 2. The number of para-hydroxylation sites is 1. The fraction of sp³-hybridized carbons (Fsp3) is 0.360. The van der Waals surface area contributed by atoms with Gasteiger partial charge in [-0.2, -0.15) is 0 Å².